The maximum atomic E-state index is 12.6. The summed E-state index contributed by atoms with van der Waals surface area (Å²) in [5, 5.41) is 4.08. The number of hydrogen-bond acceptors (Lipinski definition) is 3. The van der Waals surface area contributed by atoms with Crippen LogP contribution in [0.2, 0.25) is 5.02 Å². The van der Waals surface area contributed by atoms with E-state index in [0.29, 0.717) is 34.5 Å². The fourth-order valence-electron chi connectivity index (χ4n) is 2.85. The van der Waals surface area contributed by atoms with E-state index in [1.807, 2.05) is 24.3 Å². The fraction of sp³-hybridized carbons (Fsp3) is 0.200. The lowest BCUT2D eigenvalue weighted by Crippen LogP contribution is -2.25. The second-order valence-corrected chi connectivity index (χ2v) is 6.38. The van der Waals surface area contributed by atoms with E-state index in [-0.39, 0.29) is 11.8 Å². The average molecular weight is 371 g/mol. The van der Waals surface area contributed by atoms with Gasteiger partial charge in [-0.2, -0.15) is 0 Å². The highest BCUT2D eigenvalue weighted by atomic mass is 35.5. The van der Waals surface area contributed by atoms with E-state index >= 15 is 0 Å². The van der Waals surface area contributed by atoms with Gasteiger partial charge in [-0.15, -0.1) is 0 Å². The van der Waals surface area contributed by atoms with Crippen LogP contribution in [-0.2, 0) is 6.42 Å². The van der Waals surface area contributed by atoms with E-state index in [2.05, 4.69) is 5.32 Å². The van der Waals surface area contributed by atoms with Crippen LogP contribution in [0.5, 0.6) is 5.75 Å². The van der Waals surface area contributed by atoms with E-state index in [4.69, 9.17) is 16.3 Å². The number of methoxy groups -OCH3 is 1. The molecule has 0 bridgehead atoms. The fourth-order valence-corrected chi connectivity index (χ4v) is 3.02. The molecule has 26 heavy (non-hydrogen) atoms. The third-order valence-electron chi connectivity index (χ3n) is 4.21. The average Bonchev–Trinajstić information content (AvgIpc) is 3.01. The third kappa shape index (κ3) is 3.73. The lowest BCUT2D eigenvalue weighted by molar-refractivity contribution is 0.0941. The van der Waals surface area contributed by atoms with Gasteiger partial charge >= 0.3 is 0 Å². The smallest absolute Gasteiger partial charge is 0.253 e. The first-order valence-electron chi connectivity index (χ1n) is 8.22. The van der Waals surface area contributed by atoms with Gasteiger partial charge in [-0.05, 0) is 42.3 Å². The first kappa shape index (κ1) is 18.0. The van der Waals surface area contributed by atoms with Crippen molar-refractivity contribution >= 4 is 34.3 Å². The Kier molecular flexibility index (Phi) is 5.28. The molecule has 134 valence electrons. The summed E-state index contributed by atoms with van der Waals surface area (Å²) in [5.41, 5.74) is 2.20. The largest absolute Gasteiger partial charge is 0.497 e. The minimum atomic E-state index is -0.231. The summed E-state index contributed by atoms with van der Waals surface area (Å²) in [6, 6.07) is 12.9. The number of nitrogens with one attached hydrogen (secondary N) is 1. The number of halogens is 1. The molecule has 0 fully saturated rings. The maximum absolute atomic E-state index is 12.6. The van der Waals surface area contributed by atoms with E-state index in [0.717, 1.165) is 11.3 Å². The number of fused-ring (bicyclic) bond motifs is 1. The van der Waals surface area contributed by atoms with Crippen molar-refractivity contribution in [3.63, 3.8) is 0 Å². The van der Waals surface area contributed by atoms with E-state index in [9.17, 15) is 9.59 Å². The van der Waals surface area contributed by atoms with Gasteiger partial charge in [0.1, 0.15) is 5.75 Å². The number of rotatable bonds is 5. The molecular formula is C20H19ClN2O3. The molecule has 0 radical (unpaired) electrons. The highest BCUT2D eigenvalue weighted by molar-refractivity contribution is 6.31. The molecule has 1 N–H and O–H groups in total. The molecule has 3 rings (SSSR count). The first-order chi connectivity index (χ1) is 12.5. The highest BCUT2D eigenvalue weighted by Gasteiger charge is 2.17. The standard InChI is InChI=1S/C20H19ClN2O3/c1-13(24)23-12-18(17-11-15(21)5-8-19(17)23)20(25)22-10-9-14-3-6-16(26-2)7-4-14/h3-8,11-12H,9-10H2,1-2H3,(H,22,25). The summed E-state index contributed by atoms with van der Waals surface area (Å²) in [7, 11) is 1.62. The molecule has 5 nitrogen and oxygen atoms in total. The normalized spacial score (nSPS) is 10.7. The Balaban J connectivity index is 1.75. The Morgan fingerprint density at radius 3 is 2.54 bits per heavy atom. The highest BCUT2D eigenvalue weighted by Crippen LogP contribution is 2.25. The van der Waals surface area contributed by atoms with Crippen LogP contribution >= 0.6 is 11.6 Å². The van der Waals surface area contributed by atoms with Crippen molar-refractivity contribution in [2.45, 2.75) is 13.3 Å². The zero-order chi connectivity index (χ0) is 18.7. The van der Waals surface area contributed by atoms with Gasteiger partial charge < -0.3 is 10.1 Å². The van der Waals surface area contributed by atoms with Crippen molar-refractivity contribution in [1.82, 2.24) is 9.88 Å². The molecule has 0 aliphatic carbocycles. The zero-order valence-corrected chi connectivity index (χ0v) is 15.3. The molecule has 0 aliphatic rings. The molecule has 0 spiro atoms. The number of benzene rings is 2. The molecule has 2 aromatic carbocycles. The molecule has 0 saturated heterocycles. The van der Waals surface area contributed by atoms with Crippen molar-refractivity contribution < 1.29 is 14.3 Å². The van der Waals surface area contributed by atoms with Gasteiger partial charge in [-0.3, -0.25) is 14.2 Å². The molecule has 1 amide bonds. The summed E-state index contributed by atoms with van der Waals surface area (Å²) in [6.45, 7) is 1.94. The van der Waals surface area contributed by atoms with Crippen molar-refractivity contribution in [2.75, 3.05) is 13.7 Å². The lowest BCUT2D eigenvalue weighted by atomic mass is 10.1. The summed E-state index contributed by atoms with van der Waals surface area (Å²) in [6.07, 6.45) is 2.26. The number of carbonyl (C=O) groups is 2. The number of hydrogen-bond donors (Lipinski definition) is 1. The molecule has 3 aromatic rings. The van der Waals surface area contributed by atoms with Crippen LogP contribution in [0.1, 0.15) is 27.6 Å². The van der Waals surface area contributed by atoms with Gasteiger partial charge in [0.2, 0.25) is 5.91 Å². The van der Waals surface area contributed by atoms with Crippen LogP contribution in [0.15, 0.2) is 48.7 Å². The van der Waals surface area contributed by atoms with E-state index in [1.54, 1.807) is 31.5 Å². The Morgan fingerprint density at radius 1 is 1.15 bits per heavy atom. The van der Waals surface area contributed by atoms with Crippen LogP contribution in [0.3, 0.4) is 0 Å². The van der Waals surface area contributed by atoms with Crippen molar-refractivity contribution in [2.24, 2.45) is 0 Å². The molecule has 0 aliphatic heterocycles. The predicted molar refractivity (Wildman–Crippen MR) is 102 cm³/mol. The van der Waals surface area contributed by atoms with Crippen LogP contribution in [0.4, 0.5) is 0 Å². The Bertz CT molecular complexity index is 961. The number of amides is 1. The van der Waals surface area contributed by atoms with Gasteiger partial charge in [0.25, 0.3) is 5.91 Å². The van der Waals surface area contributed by atoms with E-state index in [1.165, 1.54) is 11.5 Å². The zero-order valence-electron chi connectivity index (χ0n) is 14.6. The summed E-state index contributed by atoms with van der Waals surface area (Å²) in [5.74, 6) is 0.409. The number of aromatic nitrogens is 1. The Labute approximate surface area is 156 Å². The molecule has 0 saturated carbocycles. The summed E-state index contributed by atoms with van der Waals surface area (Å²) >= 11 is 6.06. The van der Waals surface area contributed by atoms with E-state index < -0.39 is 0 Å². The Hall–Kier alpha value is -2.79. The topological polar surface area (TPSA) is 60.3 Å². The second-order valence-electron chi connectivity index (χ2n) is 5.95. The van der Waals surface area contributed by atoms with Crippen LogP contribution < -0.4 is 10.1 Å². The molecule has 1 aromatic heterocycles. The van der Waals surface area contributed by atoms with Gasteiger partial charge in [-0.1, -0.05) is 23.7 Å². The van der Waals surface area contributed by atoms with Crippen LogP contribution in [0, 0.1) is 0 Å². The van der Waals surface area contributed by atoms with Crippen molar-refractivity contribution in [3.05, 3.63) is 64.8 Å². The molecule has 6 heteroatoms. The number of carbonyl (C=O) groups excluding carboxylic acids is 2. The summed E-state index contributed by atoms with van der Waals surface area (Å²) in [4.78, 5) is 24.4. The van der Waals surface area contributed by atoms with Crippen molar-refractivity contribution in [3.8, 4) is 5.75 Å². The third-order valence-corrected chi connectivity index (χ3v) is 4.44. The SMILES string of the molecule is COc1ccc(CCNC(=O)c2cn(C(C)=O)c3ccc(Cl)cc23)cc1. The minimum absolute atomic E-state index is 0.158. The van der Waals surface area contributed by atoms with Gasteiger partial charge in [-0.25, -0.2) is 0 Å². The number of ether oxygens (including phenoxy) is 1. The van der Waals surface area contributed by atoms with Crippen LogP contribution in [-0.4, -0.2) is 30.0 Å². The monoisotopic (exact) mass is 370 g/mol. The Morgan fingerprint density at radius 2 is 1.88 bits per heavy atom. The predicted octanol–water partition coefficient (Wildman–Crippen LogP) is 3.94. The molecule has 0 atom stereocenters. The molecule has 1 heterocycles. The lowest BCUT2D eigenvalue weighted by Gasteiger charge is -2.06. The van der Waals surface area contributed by atoms with Gasteiger partial charge in [0.15, 0.2) is 0 Å². The van der Waals surface area contributed by atoms with Crippen LogP contribution in [0.25, 0.3) is 10.9 Å². The first-order valence-corrected chi connectivity index (χ1v) is 8.60. The van der Waals surface area contributed by atoms with Gasteiger partial charge in [0.05, 0.1) is 18.2 Å². The maximum Gasteiger partial charge on any atom is 0.253 e. The second kappa shape index (κ2) is 7.62. The van der Waals surface area contributed by atoms with Gasteiger partial charge in [0, 0.05) is 30.1 Å². The quantitative estimate of drug-likeness (QED) is 0.740. The van der Waals surface area contributed by atoms with Crippen molar-refractivity contribution in [1.29, 1.82) is 0 Å². The summed E-state index contributed by atoms with van der Waals surface area (Å²) < 4.78 is 6.59. The number of nitrogens with zero attached hydrogens (tertiary/aromatic N) is 1. The molecule has 0 unspecified atom stereocenters. The molecular weight excluding hydrogens is 352 g/mol. The minimum Gasteiger partial charge on any atom is -0.497 e.